The Kier molecular flexibility index (Phi) is 4.11. The smallest absolute Gasteiger partial charge is 0.253 e. The number of hydrogen-bond donors (Lipinski definition) is 3. The maximum Gasteiger partial charge on any atom is 0.253 e. The van der Waals surface area contributed by atoms with Gasteiger partial charge in [0.15, 0.2) is 0 Å². The number of rotatable bonds is 3. The summed E-state index contributed by atoms with van der Waals surface area (Å²) in [6.07, 6.45) is 5.26. The summed E-state index contributed by atoms with van der Waals surface area (Å²) < 4.78 is 0. The first-order valence-electron chi connectivity index (χ1n) is 6.10. The fraction of sp³-hybridized carbons (Fsp3) is 0.500. The third kappa shape index (κ3) is 2.96. The van der Waals surface area contributed by atoms with Gasteiger partial charge in [-0.15, -0.1) is 0 Å². The first-order chi connectivity index (χ1) is 8.70. The minimum Gasteiger partial charge on any atom is -0.348 e. The molecule has 6 heteroatoms. The van der Waals surface area contributed by atoms with Crippen molar-refractivity contribution in [2.24, 2.45) is 5.84 Å². The van der Waals surface area contributed by atoms with Gasteiger partial charge in [0.1, 0.15) is 0 Å². The van der Waals surface area contributed by atoms with E-state index in [1.807, 2.05) is 0 Å². The predicted octanol–water partition coefficient (Wildman–Crippen LogP) is 0.191. The number of amides is 1. The predicted molar refractivity (Wildman–Crippen MR) is 70.0 cm³/mol. The highest BCUT2D eigenvalue weighted by Gasteiger charge is 2.20. The van der Waals surface area contributed by atoms with E-state index < -0.39 is 0 Å². The second-order valence-electron chi connectivity index (χ2n) is 4.64. The maximum atomic E-state index is 12.1. The van der Waals surface area contributed by atoms with Crippen molar-refractivity contribution in [3.05, 3.63) is 24.0 Å². The van der Waals surface area contributed by atoms with Crippen molar-refractivity contribution in [1.29, 1.82) is 0 Å². The van der Waals surface area contributed by atoms with E-state index in [0.717, 1.165) is 25.9 Å². The molecule has 1 aliphatic rings. The highest BCUT2D eigenvalue weighted by molar-refractivity contribution is 5.99. The first kappa shape index (κ1) is 12.8. The highest BCUT2D eigenvalue weighted by Crippen LogP contribution is 2.13. The zero-order chi connectivity index (χ0) is 13.0. The molecule has 4 N–H and O–H groups in total. The summed E-state index contributed by atoms with van der Waals surface area (Å²) in [7, 11) is 2.07. The summed E-state index contributed by atoms with van der Waals surface area (Å²) in [5.41, 5.74) is 3.56. The Morgan fingerprint density at radius 3 is 3.17 bits per heavy atom. The van der Waals surface area contributed by atoms with Crippen molar-refractivity contribution in [2.45, 2.75) is 18.9 Å². The van der Waals surface area contributed by atoms with Crippen LogP contribution in [0.1, 0.15) is 23.2 Å². The van der Waals surface area contributed by atoms with Crippen LogP contribution in [0.5, 0.6) is 0 Å². The second kappa shape index (κ2) is 5.79. The van der Waals surface area contributed by atoms with Gasteiger partial charge < -0.3 is 15.6 Å². The molecule has 0 spiro atoms. The molecule has 6 nitrogen and oxygen atoms in total. The molecule has 2 heterocycles. The number of hydrazine groups is 1. The van der Waals surface area contributed by atoms with Crippen LogP contribution in [0.4, 0.5) is 5.69 Å². The number of carbonyl (C=O) groups is 1. The van der Waals surface area contributed by atoms with Crippen LogP contribution in [0.25, 0.3) is 0 Å². The standard InChI is InChI=1S/C12H19N5O/c1-17-6-2-3-9(8-17)15-12(18)10-4-5-14-7-11(10)16-13/h4-5,7,9,16H,2-3,6,8,13H2,1H3,(H,15,18). The van der Waals surface area contributed by atoms with Crippen molar-refractivity contribution in [3.8, 4) is 0 Å². The van der Waals surface area contributed by atoms with Crippen LogP contribution in [0.3, 0.4) is 0 Å². The number of pyridine rings is 1. The summed E-state index contributed by atoms with van der Waals surface area (Å²) in [5.74, 6) is 5.26. The number of anilines is 1. The van der Waals surface area contributed by atoms with Gasteiger partial charge in [0.05, 0.1) is 17.4 Å². The third-order valence-electron chi connectivity index (χ3n) is 3.18. The molecule has 2 rings (SSSR count). The number of likely N-dealkylation sites (N-methyl/N-ethyl adjacent to an activating group) is 1. The van der Waals surface area contributed by atoms with Crippen molar-refractivity contribution < 1.29 is 4.79 Å². The minimum absolute atomic E-state index is 0.106. The van der Waals surface area contributed by atoms with Crippen LogP contribution >= 0.6 is 0 Å². The summed E-state index contributed by atoms with van der Waals surface area (Å²) in [5, 5.41) is 3.04. The molecule has 1 aromatic rings. The molecule has 18 heavy (non-hydrogen) atoms. The van der Waals surface area contributed by atoms with Crippen molar-refractivity contribution in [3.63, 3.8) is 0 Å². The van der Waals surface area contributed by atoms with Gasteiger partial charge in [0.25, 0.3) is 5.91 Å². The van der Waals surface area contributed by atoms with Crippen LogP contribution < -0.4 is 16.6 Å². The number of nitrogen functional groups attached to an aromatic ring is 1. The van der Waals surface area contributed by atoms with Crippen LogP contribution in [-0.2, 0) is 0 Å². The molecular formula is C12H19N5O. The largest absolute Gasteiger partial charge is 0.348 e. The van der Waals surface area contributed by atoms with Crippen LogP contribution in [0, 0.1) is 0 Å². The zero-order valence-electron chi connectivity index (χ0n) is 10.5. The monoisotopic (exact) mass is 249 g/mol. The molecule has 1 atom stereocenters. The molecule has 1 aromatic heterocycles. The Morgan fingerprint density at radius 1 is 1.61 bits per heavy atom. The first-order valence-corrected chi connectivity index (χ1v) is 6.10. The van der Waals surface area contributed by atoms with E-state index in [1.54, 1.807) is 18.5 Å². The number of aromatic nitrogens is 1. The topological polar surface area (TPSA) is 83.3 Å². The lowest BCUT2D eigenvalue weighted by Crippen LogP contribution is -2.46. The van der Waals surface area contributed by atoms with Crippen molar-refractivity contribution >= 4 is 11.6 Å². The van der Waals surface area contributed by atoms with E-state index in [2.05, 4.69) is 27.7 Å². The Balaban J connectivity index is 2.03. The van der Waals surface area contributed by atoms with Gasteiger partial charge in [-0.3, -0.25) is 15.6 Å². The van der Waals surface area contributed by atoms with E-state index in [4.69, 9.17) is 5.84 Å². The van der Waals surface area contributed by atoms with Gasteiger partial charge in [-0.25, -0.2) is 0 Å². The SMILES string of the molecule is CN1CCCC(NC(=O)c2ccncc2NN)C1. The second-order valence-corrected chi connectivity index (χ2v) is 4.64. The van der Waals surface area contributed by atoms with Gasteiger partial charge in [0, 0.05) is 18.8 Å². The van der Waals surface area contributed by atoms with Gasteiger partial charge in [-0.05, 0) is 32.5 Å². The highest BCUT2D eigenvalue weighted by atomic mass is 16.1. The fourth-order valence-corrected chi connectivity index (χ4v) is 2.25. The van der Waals surface area contributed by atoms with Crippen LogP contribution in [-0.4, -0.2) is 42.0 Å². The normalized spacial score (nSPS) is 20.4. The molecule has 1 saturated heterocycles. The third-order valence-corrected chi connectivity index (χ3v) is 3.18. The Morgan fingerprint density at radius 2 is 2.44 bits per heavy atom. The molecule has 98 valence electrons. The molecule has 0 aliphatic carbocycles. The van der Waals surface area contributed by atoms with Crippen LogP contribution in [0.2, 0.25) is 0 Å². The lowest BCUT2D eigenvalue weighted by Gasteiger charge is -2.30. The zero-order valence-corrected chi connectivity index (χ0v) is 10.5. The molecule has 1 amide bonds. The van der Waals surface area contributed by atoms with Gasteiger partial charge in [-0.2, -0.15) is 0 Å². The summed E-state index contributed by atoms with van der Waals surface area (Å²) in [6.45, 7) is 1.99. The van der Waals surface area contributed by atoms with E-state index in [1.165, 1.54) is 0 Å². The van der Waals surface area contributed by atoms with Gasteiger partial charge >= 0.3 is 0 Å². The Hall–Kier alpha value is -1.66. The average Bonchev–Trinajstić information content (AvgIpc) is 2.38. The van der Waals surface area contributed by atoms with Crippen molar-refractivity contribution in [2.75, 3.05) is 25.6 Å². The number of nitrogens with zero attached hydrogens (tertiary/aromatic N) is 2. The quantitative estimate of drug-likeness (QED) is 0.526. The minimum atomic E-state index is -0.106. The lowest BCUT2D eigenvalue weighted by molar-refractivity contribution is 0.0913. The molecule has 0 bridgehead atoms. The van der Waals surface area contributed by atoms with Crippen LogP contribution in [0.15, 0.2) is 18.5 Å². The number of nitrogens with two attached hydrogens (primary N) is 1. The number of nitrogens with one attached hydrogen (secondary N) is 2. The van der Waals surface area contributed by atoms with E-state index >= 15 is 0 Å². The summed E-state index contributed by atoms with van der Waals surface area (Å²) in [4.78, 5) is 18.3. The summed E-state index contributed by atoms with van der Waals surface area (Å²) in [6, 6.07) is 1.87. The molecule has 1 unspecified atom stereocenters. The number of hydrogen-bond acceptors (Lipinski definition) is 5. The molecule has 0 radical (unpaired) electrons. The van der Waals surface area contributed by atoms with E-state index in [0.29, 0.717) is 11.3 Å². The number of likely N-dealkylation sites (tertiary alicyclic amines) is 1. The fourth-order valence-electron chi connectivity index (χ4n) is 2.25. The summed E-state index contributed by atoms with van der Waals surface area (Å²) >= 11 is 0. The Bertz CT molecular complexity index is 423. The maximum absolute atomic E-state index is 12.1. The molecular weight excluding hydrogens is 230 g/mol. The number of carbonyl (C=O) groups excluding carboxylic acids is 1. The number of piperidine rings is 1. The molecule has 0 saturated carbocycles. The molecule has 1 fully saturated rings. The lowest BCUT2D eigenvalue weighted by atomic mass is 10.1. The molecule has 1 aliphatic heterocycles. The van der Waals surface area contributed by atoms with Gasteiger partial charge in [0.2, 0.25) is 0 Å². The van der Waals surface area contributed by atoms with E-state index in [9.17, 15) is 4.79 Å². The van der Waals surface area contributed by atoms with E-state index in [-0.39, 0.29) is 11.9 Å². The Labute approximate surface area is 107 Å². The average molecular weight is 249 g/mol. The van der Waals surface area contributed by atoms with Gasteiger partial charge in [-0.1, -0.05) is 0 Å². The van der Waals surface area contributed by atoms with Crippen molar-refractivity contribution in [1.82, 2.24) is 15.2 Å². The molecule has 0 aromatic carbocycles.